The zero-order valence-electron chi connectivity index (χ0n) is 18.4. The first-order valence-corrected chi connectivity index (χ1v) is 12.1. The van der Waals surface area contributed by atoms with E-state index in [0.717, 1.165) is 22.7 Å². The van der Waals surface area contributed by atoms with Gasteiger partial charge in [0.25, 0.3) is 15.9 Å². The van der Waals surface area contributed by atoms with Gasteiger partial charge in [0.2, 0.25) is 0 Å². The van der Waals surface area contributed by atoms with E-state index in [0.29, 0.717) is 35.7 Å². The number of hydrogen-bond acceptors (Lipinski definition) is 4. The molecular weight excluding hydrogens is 445 g/mol. The molecule has 1 atom stereocenters. The summed E-state index contributed by atoms with van der Waals surface area (Å²) >= 11 is 0. The van der Waals surface area contributed by atoms with Crippen LogP contribution in [-0.4, -0.2) is 30.0 Å². The molecule has 0 radical (unpaired) electrons. The lowest BCUT2D eigenvalue weighted by Crippen LogP contribution is -2.34. The highest BCUT2D eigenvalue weighted by Gasteiger charge is 2.34. The number of H-pyrrole nitrogens is 1. The average Bonchev–Trinajstić information content (AvgIpc) is 3.10. The van der Waals surface area contributed by atoms with Crippen molar-refractivity contribution in [2.75, 3.05) is 4.72 Å². The van der Waals surface area contributed by atoms with Gasteiger partial charge in [-0.3, -0.25) is 9.52 Å². The van der Waals surface area contributed by atoms with Gasteiger partial charge >= 0.3 is 0 Å². The Bertz CT molecular complexity index is 1390. The highest BCUT2D eigenvalue weighted by molar-refractivity contribution is 7.95. The maximum Gasteiger partial charge on any atom is 0.254 e. The summed E-state index contributed by atoms with van der Waals surface area (Å²) in [7, 11) is -3.74. The number of aryl methyl sites for hydroxylation is 1. The minimum atomic E-state index is -3.74. The fraction of sp³-hybridized carbons (Fsp3) is 0.292. The largest absolute Gasteiger partial charge is 0.390 e. The van der Waals surface area contributed by atoms with Crippen molar-refractivity contribution in [3.05, 3.63) is 65.0 Å². The Kier molecular flexibility index (Phi) is 5.58. The Morgan fingerprint density at radius 1 is 1.36 bits per heavy atom. The smallest absolute Gasteiger partial charge is 0.254 e. The van der Waals surface area contributed by atoms with E-state index in [1.165, 1.54) is 6.07 Å². The molecular formula is C24H26FN3O4S. The summed E-state index contributed by atoms with van der Waals surface area (Å²) in [5.74, 6) is -1.39. The number of amides is 1. The lowest BCUT2D eigenvalue weighted by Gasteiger charge is -2.32. The number of nitrogens with two attached hydrogens (primary N) is 1. The summed E-state index contributed by atoms with van der Waals surface area (Å²) in [4.78, 5) is 15.4. The summed E-state index contributed by atoms with van der Waals surface area (Å²) in [5, 5.41) is 11.8. The molecule has 1 aliphatic carbocycles. The third kappa shape index (κ3) is 4.26. The second-order valence-electron chi connectivity index (χ2n) is 8.97. The third-order valence-electron chi connectivity index (χ3n) is 6.31. The van der Waals surface area contributed by atoms with Crippen molar-refractivity contribution < 1.29 is 22.7 Å². The molecule has 0 saturated heterocycles. The zero-order chi connectivity index (χ0) is 24.1. The normalized spacial score (nSPS) is 16.4. The van der Waals surface area contributed by atoms with E-state index in [1.807, 2.05) is 0 Å². The summed E-state index contributed by atoms with van der Waals surface area (Å²) in [6.45, 7) is 6.81. The molecule has 0 aliphatic heterocycles. The van der Waals surface area contributed by atoms with Crippen LogP contribution in [0.2, 0.25) is 0 Å². The molecule has 7 nitrogen and oxygen atoms in total. The number of nitrogens with one attached hydrogen (secondary N) is 2. The third-order valence-corrected chi connectivity index (χ3v) is 7.27. The van der Waals surface area contributed by atoms with Gasteiger partial charge in [-0.15, -0.1) is 0 Å². The predicted molar refractivity (Wildman–Crippen MR) is 127 cm³/mol. The molecule has 1 heterocycles. The zero-order valence-corrected chi connectivity index (χ0v) is 19.2. The van der Waals surface area contributed by atoms with Gasteiger partial charge < -0.3 is 15.8 Å². The van der Waals surface area contributed by atoms with E-state index in [-0.39, 0.29) is 22.7 Å². The lowest BCUT2D eigenvalue weighted by molar-refractivity contribution is 0.0107. The standard InChI is InChI=1S/C24H26FN3O4S/c1-4-33(31,32)28-15-7-5-6-13(10-15)20-18(25)12-17(23(26)29)22-21(20)16-9-8-14(24(2,3)30)11-19(16)27-22/h4-7,10,12,14,27-28,30H,1,8-9,11H2,2-3H3,(H2,26,29)/t14-/m1/s1. The molecule has 174 valence electrons. The summed E-state index contributed by atoms with van der Waals surface area (Å²) in [6.07, 6.45) is 1.83. The first kappa shape index (κ1) is 23.0. The molecule has 1 aromatic heterocycles. The maximum absolute atomic E-state index is 15.5. The molecule has 33 heavy (non-hydrogen) atoms. The Morgan fingerprint density at radius 3 is 2.73 bits per heavy atom. The van der Waals surface area contributed by atoms with Gasteiger partial charge in [0.05, 0.1) is 16.7 Å². The predicted octanol–water partition coefficient (Wildman–Crippen LogP) is 3.83. The molecule has 0 saturated carbocycles. The van der Waals surface area contributed by atoms with Crippen LogP contribution >= 0.6 is 0 Å². The van der Waals surface area contributed by atoms with Crippen LogP contribution in [0, 0.1) is 11.7 Å². The minimum Gasteiger partial charge on any atom is -0.390 e. The number of sulfonamides is 1. The van der Waals surface area contributed by atoms with Gasteiger partial charge in [-0.25, -0.2) is 12.8 Å². The van der Waals surface area contributed by atoms with Crippen LogP contribution in [0.5, 0.6) is 0 Å². The molecule has 0 fully saturated rings. The molecule has 0 spiro atoms. The van der Waals surface area contributed by atoms with Gasteiger partial charge in [-0.1, -0.05) is 18.7 Å². The quantitative estimate of drug-likeness (QED) is 0.436. The number of benzene rings is 2. The number of carbonyl (C=O) groups is 1. The van der Waals surface area contributed by atoms with Crippen molar-refractivity contribution in [2.45, 2.75) is 38.7 Å². The van der Waals surface area contributed by atoms with Gasteiger partial charge in [0.1, 0.15) is 5.82 Å². The molecule has 0 bridgehead atoms. The van der Waals surface area contributed by atoms with Crippen LogP contribution in [0.3, 0.4) is 0 Å². The van der Waals surface area contributed by atoms with Crippen molar-refractivity contribution in [3.8, 4) is 11.1 Å². The number of halogens is 1. The number of carbonyl (C=O) groups excluding carboxylic acids is 1. The fourth-order valence-electron chi connectivity index (χ4n) is 4.60. The molecule has 2 aromatic carbocycles. The average molecular weight is 472 g/mol. The number of aromatic nitrogens is 1. The first-order valence-electron chi connectivity index (χ1n) is 10.5. The fourth-order valence-corrected chi connectivity index (χ4v) is 5.14. The van der Waals surface area contributed by atoms with Crippen molar-refractivity contribution in [2.24, 2.45) is 11.7 Å². The highest BCUT2D eigenvalue weighted by Crippen LogP contribution is 2.42. The van der Waals surface area contributed by atoms with Gasteiger partial charge in [0, 0.05) is 27.7 Å². The molecule has 1 amide bonds. The van der Waals surface area contributed by atoms with Crippen molar-refractivity contribution in [1.29, 1.82) is 0 Å². The topological polar surface area (TPSA) is 125 Å². The van der Waals surface area contributed by atoms with E-state index >= 15 is 4.39 Å². The van der Waals surface area contributed by atoms with Gasteiger partial charge in [-0.2, -0.15) is 0 Å². The first-order chi connectivity index (χ1) is 15.4. The number of hydrogen-bond donors (Lipinski definition) is 4. The molecule has 9 heteroatoms. The van der Waals surface area contributed by atoms with E-state index in [4.69, 9.17) is 5.73 Å². The highest BCUT2D eigenvalue weighted by atomic mass is 32.2. The van der Waals surface area contributed by atoms with Crippen LogP contribution in [0.1, 0.15) is 41.9 Å². The molecule has 5 N–H and O–H groups in total. The maximum atomic E-state index is 15.5. The number of rotatable bonds is 6. The van der Waals surface area contributed by atoms with Crippen LogP contribution in [0.25, 0.3) is 22.0 Å². The lowest BCUT2D eigenvalue weighted by atomic mass is 9.77. The van der Waals surface area contributed by atoms with Crippen molar-refractivity contribution in [3.63, 3.8) is 0 Å². The monoisotopic (exact) mass is 471 g/mol. The molecule has 3 aromatic rings. The molecule has 0 unspecified atom stereocenters. The summed E-state index contributed by atoms with van der Waals surface area (Å²) in [5.41, 5.74) is 7.82. The number of aromatic amines is 1. The Balaban J connectivity index is 1.95. The van der Waals surface area contributed by atoms with E-state index in [2.05, 4.69) is 16.3 Å². The Hall–Kier alpha value is -3.17. The van der Waals surface area contributed by atoms with Gasteiger partial charge in [-0.05, 0) is 68.4 Å². The molecule has 4 rings (SSSR count). The van der Waals surface area contributed by atoms with E-state index in [1.54, 1.807) is 32.0 Å². The van der Waals surface area contributed by atoms with Crippen molar-refractivity contribution in [1.82, 2.24) is 4.98 Å². The second-order valence-corrected chi connectivity index (χ2v) is 10.6. The van der Waals surface area contributed by atoms with Crippen LogP contribution < -0.4 is 10.5 Å². The second kappa shape index (κ2) is 8.00. The minimum absolute atomic E-state index is 0.0000232. The number of primary amides is 1. The number of aliphatic hydroxyl groups is 1. The number of anilines is 1. The van der Waals surface area contributed by atoms with Crippen LogP contribution in [0.15, 0.2) is 42.3 Å². The van der Waals surface area contributed by atoms with Crippen LogP contribution in [-0.2, 0) is 22.9 Å². The summed E-state index contributed by atoms with van der Waals surface area (Å²) in [6, 6.07) is 7.49. The number of fused-ring (bicyclic) bond motifs is 3. The van der Waals surface area contributed by atoms with Crippen LogP contribution in [0.4, 0.5) is 10.1 Å². The van der Waals surface area contributed by atoms with Crippen molar-refractivity contribution >= 4 is 32.5 Å². The summed E-state index contributed by atoms with van der Waals surface area (Å²) < 4.78 is 41.6. The van der Waals surface area contributed by atoms with E-state index in [9.17, 15) is 18.3 Å². The van der Waals surface area contributed by atoms with E-state index < -0.39 is 27.3 Å². The Labute approximate surface area is 191 Å². The SMILES string of the molecule is C=CS(=O)(=O)Nc1cccc(-c2c(F)cc(C(N)=O)c3[nH]c4c(c23)CC[C@@H](C(C)(C)O)C4)c1. The molecule has 1 aliphatic rings. The van der Waals surface area contributed by atoms with Gasteiger partial charge in [0.15, 0.2) is 0 Å². The Morgan fingerprint density at radius 2 is 2.09 bits per heavy atom.